The van der Waals surface area contributed by atoms with E-state index >= 15 is 0 Å². The molecule has 0 spiro atoms. The van der Waals surface area contributed by atoms with Crippen LogP contribution >= 0.6 is 11.8 Å². The first kappa shape index (κ1) is 12.7. The summed E-state index contributed by atoms with van der Waals surface area (Å²) in [5.74, 6) is 2.00. The first-order valence-corrected chi connectivity index (χ1v) is 7.97. The fourth-order valence-corrected chi connectivity index (χ4v) is 4.55. The van der Waals surface area contributed by atoms with Crippen LogP contribution in [-0.2, 0) is 0 Å². The zero-order valence-corrected chi connectivity index (χ0v) is 11.3. The molecule has 0 aromatic heterocycles. The summed E-state index contributed by atoms with van der Waals surface area (Å²) >= 11 is 2.15. The zero-order valence-electron chi connectivity index (χ0n) is 10.5. The fourth-order valence-electron chi connectivity index (χ4n) is 3.34. The van der Waals surface area contributed by atoms with E-state index in [1.807, 2.05) is 0 Å². The maximum absolute atomic E-state index is 5.85. The van der Waals surface area contributed by atoms with Gasteiger partial charge >= 0.3 is 0 Å². The first-order chi connectivity index (χ1) is 7.85. The summed E-state index contributed by atoms with van der Waals surface area (Å²) in [5.41, 5.74) is 5.85. The highest BCUT2D eigenvalue weighted by Gasteiger charge is 2.33. The molecule has 2 saturated carbocycles. The molecule has 0 aliphatic heterocycles. The van der Waals surface area contributed by atoms with Crippen LogP contribution in [0.2, 0.25) is 0 Å². The molecule has 2 aliphatic carbocycles. The molecule has 0 radical (unpaired) electrons. The number of hydrogen-bond acceptors (Lipinski definition) is 3. The second-order valence-corrected chi connectivity index (χ2v) is 6.75. The molecule has 0 amide bonds. The number of rotatable bonds is 5. The molecular weight excluding hydrogens is 216 g/mol. The average molecular weight is 242 g/mol. The Balaban J connectivity index is 1.83. The molecule has 2 nitrogen and oxygen atoms in total. The van der Waals surface area contributed by atoms with Crippen LogP contribution < -0.4 is 11.1 Å². The molecule has 0 bridgehead atoms. The van der Waals surface area contributed by atoms with Crippen molar-refractivity contribution in [2.24, 2.45) is 11.7 Å². The predicted molar refractivity (Wildman–Crippen MR) is 72.9 cm³/mol. The lowest BCUT2D eigenvalue weighted by Crippen LogP contribution is -2.45. The summed E-state index contributed by atoms with van der Waals surface area (Å²) in [7, 11) is 0. The number of hydrogen-bond donors (Lipinski definition) is 2. The highest BCUT2D eigenvalue weighted by molar-refractivity contribution is 7.99. The van der Waals surface area contributed by atoms with E-state index in [1.54, 1.807) is 0 Å². The summed E-state index contributed by atoms with van der Waals surface area (Å²) in [4.78, 5) is 0. The van der Waals surface area contributed by atoms with Crippen LogP contribution in [0.3, 0.4) is 0 Å². The van der Waals surface area contributed by atoms with Gasteiger partial charge in [0, 0.05) is 17.3 Å². The lowest BCUT2D eigenvalue weighted by Gasteiger charge is -2.27. The molecule has 94 valence electrons. The maximum Gasteiger partial charge on any atom is 0.0201 e. The van der Waals surface area contributed by atoms with Crippen molar-refractivity contribution in [3.63, 3.8) is 0 Å². The second-order valence-electron chi connectivity index (χ2n) is 5.23. The van der Waals surface area contributed by atoms with Crippen molar-refractivity contribution in [3.05, 3.63) is 0 Å². The van der Waals surface area contributed by atoms with Crippen LogP contribution in [0.4, 0.5) is 0 Å². The van der Waals surface area contributed by atoms with Gasteiger partial charge in [-0.2, -0.15) is 11.8 Å². The minimum absolute atomic E-state index is 0.716. The van der Waals surface area contributed by atoms with Gasteiger partial charge in [0.15, 0.2) is 0 Å². The Hall–Kier alpha value is 0.270. The topological polar surface area (TPSA) is 38.0 Å². The van der Waals surface area contributed by atoms with Gasteiger partial charge in [0.1, 0.15) is 0 Å². The minimum Gasteiger partial charge on any atom is -0.330 e. The third-order valence-corrected chi connectivity index (χ3v) is 5.55. The average Bonchev–Trinajstić information content (AvgIpc) is 2.89. The van der Waals surface area contributed by atoms with E-state index in [0.717, 1.165) is 23.8 Å². The van der Waals surface area contributed by atoms with Crippen LogP contribution in [0.1, 0.15) is 45.4 Å². The highest BCUT2D eigenvalue weighted by atomic mass is 32.2. The van der Waals surface area contributed by atoms with Crippen LogP contribution in [0.15, 0.2) is 0 Å². The Morgan fingerprint density at radius 2 is 1.88 bits per heavy atom. The molecule has 0 saturated heterocycles. The number of nitrogens with one attached hydrogen (secondary N) is 1. The van der Waals surface area contributed by atoms with Gasteiger partial charge in [-0.05, 0) is 43.9 Å². The normalized spacial score (nSPS) is 39.4. The Labute approximate surface area is 104 Å². The molecule has 4 atom stereocenters. The molecular formula is C13H26N2S. The van der Waals surface area contributed by atoms with Gasteiger partial charge in [-0.15, -0.1) is 0 Å². The smallest absolute Gasteiger partial charge is 0.0201 e. The summed E-state index contributed by atoms with van der Waals surface area (Å²) in [5, 5.41) is 4.78. The SMILES string of the molecule is CCSC1CCCC1NC1CCCC1CN. The van der Waals surface area contributed by atoms with E-state index < -0.39 is 0 Å². The molecule has 2 rings (SSSR count). The van der Waals surface area contributed by atoms with Crippen LogP contribution in [0.5, 0.6) is 0 Å². The summed E-state index contributed by atoms with van der Waals surface area (Å²) in [6.45, 7) is 3.15. The van der Waals surface area contributed by atoms with Crippen molar-refractivity contribution in [2.75, 3.05) is 12.3 Å². The third kappa shape index (κ3) is 2.93. The van der Waals surface area contributed by atoms with Crippen LogP contribution in [0, 0.1) is 5.92 Å². The quantitative estimate of drug-likeness (QED) is 0.777. The van der Waals surface area contributed by atoms with E-state index in [9.17, 15) is 0 Å². The van der Waals surface area contributed by atoms with Crippen LogP contribution in [0.25, 0.3) is 0 Å². The van der Waals surface area contributed by atoms with Crippen molar-refractivity contribution in [3.8, 4) is 0 Å². The van der Waals surface area contributed by atoms with Crippen LogP contribution in [-0.4, -0.2) is 29.6 Å². The van der Waals surface area contributed by atoms with E-state index in [2.05, 4.69) is 24.0 Å². The third-order valence-electron chi connectivity index (χ3n) is 4.22. The second kappa shape index (κ2) is 6.27. The summed E-state index contributed by atoms with van der Waals surface area (Å²) < 4.78 is 0. The van der Waals surface area contributed by atoms with Gasteiger partial charge in [0.2, 0.25) is 0 Å². The standard InChI is InChI=1S/C13H26N2S/c1-2-16-13-8-4-7-12(13)15-11-6-3-5-10(11)9-14/h10-13,15H,2-9,14H2,1H3. The maximum atomic E-state index is 5.85. The van der Waals surface area contributed by atoms with Gasteiger partial charge in [-0.3, -0.25) is 0 Å². The zero-order chi connectivity index (χ0) is 11.4. The van der Waals surface area contributed by atoms with Gasteiger partial charge in [-0.25, -0.2) is 0 Å². The van der Waals surface area contributed by atoms with Crippen molar-refractivity contribution >= 4 is 11.8 Å². The van der Waals surface area contributed by atoms with Gasteiger partial charge in [-0.1, -0.05) is 19.8 Å². The molecule has 0 heterocycles. The Kier molecular flexibility index (Phi) is 4.98. The number of nitrogens with two attached hydrogens (primary N) is 1. The lowest BCUT2D eigenvalue weighted by molar-refractivity contribution is 0.364. The summed E-state index contributed by atoms with van der Waals surface area (Å²) in [6.07, 6.45) is 8.27. The Bertz CT molecular complexity index is 210. The Morgan fingerprint density at radius 3 is 2.62 bits per heavy atom. The van der Waals surface area contributed by atoms with Crippen molar-refractivity contribution < 1.29 is 0 Å². The van der Waals surface area contributed by atoms with Crippen molar-refractivity contribution in [2.45, 2.75) is 62.8 Å². The molecule has 3 heteroatoms. The van der Waals surface area contributed by atoms with Gasteiger partial charge in [0.05, 0.1) is 0 Å². The highest BCUT2D eigenvalue weighted by Crippen LogP contribution is 2.32. The van der Waals surface area contributed by atoms with Crippen molar-refractivity contribution in [1.82, 2.24) is 5.32 Å². The lowest BCUT2D eigenvalue weighted by atomic mass is 10.0. The number of thioether (sulfide) groups is 1. The fraction of sp³-hybridized carbons (Fsp3) is 1.00. The Morgan fingerprint density at radius 1 is 1.12 bits per heavy atom. The van der Waals surface area contributed by atoms with Gasteiger partial charge < -0.3 is 11.1 Å². The predicted octanol–water partition coefficient (Wildman–Crippen LogP) is 2.38. The molecule has 0 aromatic carbocycles. The molecule has 3 N–H and O–H groups in total. The largest absolute Gasteiger partial charge is 0.330 e. The van der Waals surface area contributed by atoms with E-state index in [0.29, 0.717) is 6.04 Å². The van der Waals surface area contributed by atoms with Gasteiger partial charge in [0.25, 0.3) is 0 Å². The first-order valence-electron chi connectivity index (χ1n) is 6.92. The molecule has 2 fully saturated rings. The molecule has 2 aliphatic rings. The molecule has 16 heavy (non-hydrogen) atoms. The molecule has 4 unspecified atom stereocenters. The van der Waals surface area contributed by atoms with E-state index in [4.69, 9.17) is 5.73 Å². The minimum atomic E-state index is 0.716. The molecule has 0 aromatic rings. The van der Waals surface area contributed by atoms with E-state index in [-0.39, 0.29) is 0 Å². The van der Waals surface area contributed by atoms with Crippen molar-refractivity contribution in [1.29, 1.82) is 0 Å². The summed E-state index contributed by atoms with van der Waals surface area (Å²) in [6, 6.07) is 1.48. The van der Waals surface area contributed by atoms with E-state index in [1.165, 1.54) is 44.3 Å². The monoisotopic (exact) mass is 242 g/mol.